The Bertz CT molecular complexity index is 315. The van der Waals surface area contributed by atoms with Crippen molar-refractivity contribution in [2.75, 3.05) is 0 Å². The van der Waals surface area contributed by atoms with E-state index in [-0.39, 0.29) is 56.7 Å². The summed E-state index contributed by atoms with van der Waals surface area (Å²) in [4.78, 5) is 0. The summed E-state index contributed by atoms with van der Waals surface area (Å²) in [5.74, 6) is -1.21. The van der Waals surface area contributed by atoms with Gasteiger partial charge in [0.2, 0.25) is 0 Å². The summed E-state index contributed by atoms with van der Waals surface area (Å²) in [5.41, 5.74) is -0.743. The molecule has 72 valence electrons. The molecule has 1 aromatic rings. The van der Waals surface area contributed by atoms with Crippen LogP contribution in [0.2, 0.25) is 0 Å². The van der Waals surface area contributed by atoms with Gasteiger partial charge in [-0.25, -0.2) is 4.39 Å². The Kier molecular flexibility index (Phi) is 6.49. The van der Waals surface area contributed by atoms with Crippen molar-refractivity contribution in [3.8, 4) is 0 Å². The topological polar surface area (TPSA) is 0 Å². The van der Waals surface area contributed by atoms with E-state index in [0.29, 0.717) is 5.56 Å². The van der Waals surface area contributed by atoms with E-state index < -0.39 is 18.3 Å². The van der Waals surface area contributed by atoms with E-state index >= 15 is 0 Å². The van der Waals surface area contributed by atoms with Gasteiger partial charge in [-0.2, -0.15) is 0 Å². The molecule has 1 aromatic carbocycles. The van der Waals surface area contributed by atoms with Crippen LogP contribution in [0.3, 0.4) is 0 Å². The molecular formula is C7H5BBrF4K. The van der Waals surface area contributed by atoms with Gasteiger partial charge in [0.25, 0.3) is 0 Å². The van der Waals surface area contributed by atoms with Crippen molar-refractivity contribution in [2.45, 2.75) is 5.33 Å². The molecule has 0 atom stereocenters. The van der Waals surface area contributed by atoms with Gasteiger partial charge in [-0.05, 0) is 11.6 Å². The summed E-state index contributed by atoms with van der Waals surface area (Å²) in [5, 5.41) is 0.284. The number of hydrogen-bond acceptors (Lipinski definition) is 0. The van der Waals surface area contributed by atoms with Gasteiger partial charge in [0.1, 0.15) is 0 Å². The molecule has 0 aliphatic carbocycles. The summed E-state index contributed by atoms with van der Waals surface area (Å²) in [6.07, 6.45) is 0. The molecule has 0 saturated carbocycles. The normalized spacial score (nSPS) is 10.9. The molecule has 1 rings (SSSR count). The predicted molar refractivity (Wildman–Crippen MR) is 47.7 cm³/mol. The van der Waals surface area contributed by atoms with Crippen LogP contribution >= 0.6 is 15.9 Å². The summed E-state index contributed by atoms with van der Waals surface area (Å²) < 4.78 is 49.2. The predicted octanol–water partition coefficient (Wildman–Crippen LogP) is -0.221. The van der Waals surface area contributed by atoms with E-state index in [4.69, 9.17) is 0 Å². The Morgan fingerprint density at radius 2 is 1.79 bits per heavy atom. The second-order valence-corrected chi connectivity index (χ2v) is 3.12. The zero-order chi connectivity index (χ0) is 10.1. The molecule has 0 fully saturated rings. The molecule has 0 spiro atoms. The second kappa shape index (κ2) is 6.01. The van der Waals surface area contributed by atoms with Crippen LogP contribution in [0, 0.1) is 5.82 Å². The van der Waals surface area contributed by atoms with E-state index in [1.165, 1.54) is 6.07 Å². The van der Waals surface area contributed by atoms with Crippen LogP contribution in [-0.2, 0) is 5.33 Å². The third-order valence-electron chi connectivity index (χ3n) is 1.57. The van der Waals surface area contributed by atoms with Crippen molar-refractivity contribution in [3.63, 3.8) is 0 Å². The molecule has 0 bridgehead atoms. The maximum atomic E-state index is 12.7. The molecule has 0 unspecified atom stereocenters. The van der Waals surface area contributed by atoms with Gasteiger partial charge >= 0.3 is 58.4 Å². The fraction of sp³-hybridized carbons (Fsp3) is 0.143. The maximum Gasteiger partial charge on any atom is 1.00 e. The standard InChI is InChI=1S/C7H5BBrF4.K/c9-4-5-1-2-7(10)6(3-5)8(11,12)13;/h1-3H,4H2;/q-1;+1. The summed E-state index contributed by atoms with van der Waals surface area (Å²) in [6, 6.07) is 2.97. The fourth-order valence-corrected chi connectivity index (χ4v) is 1.28. The number of rotatable bonds is 2. The minimum Gasteiger partial charge on any atom is -0.445 e. The average Bonchev–Trinajstić information content (AvgIpc) is 2.03. The SMILES string of the molecule is Fc1ccc(CBr)cc1[B-](F)(F)F.[K+]. The zero-order valence-corrected chi connectivity index (χ0v) is 12.1. The minimum absolute atomic E-state index is 0. The second-order valence-electron chi connectivity index (χ2n) is 2.56. The smallest absolute Gasteiger partial charge is 0.445 e. The van der Waals surface area contributed by atoms with Gasteiger partial charge in [-0.3, -0.25) is 0 Å². The average molecular weight is 295 g/mol. The first-order chi connectivity index (χ1) is 5.95. The van der Waals surface area contributed by atoms with Crippen LogP contribution in [0.25, 0.3) is 0 Å². The van der Waals surface area contributed by atoms with Gasteiger partial charge < -0.3 is 12.9 Å². The quantitative estimate of drug-likeness (QED) is 0.402. The molecule has 0 nitrogen and oxygen atoms in total. The van der Waals surface area contributed by atoms with Crippen LogP contribution in [0.4, 0.5) is 17.3 Å². The third-order valence-corrected chi connectivity index (χ3v) is 2.21. The molecule has 0 amide bonds. The molecule has 14 heavy (non-hydrogen) atoms. The molecule has 0 N–H and O–H groups in total. The maximum absolute atomic E-state index is 12.7. The first-order valence-corrected chi connectivity index (χ1v) is 4.61. The molecule has 0 aliphatic heterocycles. The molecular weight excluding hydrogens is 290 g/mol. The van der Waals surface area contributed by atoms with Gasteiger partial charge in [0.15, 0.2) is 0 Å². The molecule has 0 aromatic heterocycles. The number of hydrogen-bond donors (Lipinski definition) is 0. The first-order valence-electron chi connectivity index (χ1n) is 3.49. The third kappa shape index (κ3) is 3.94. The Labute approximate surface area is 130 Å². The Morgan fingerprint density at radius 1 is 1.21 bits per heavy atom. The molecule has 0 heterocycles. The monoisotopic (exact) mass is 294 g/mol. The van der Waals surface area contributed by atoms with Crippen molar-refractivity contribution >= 4 is 28.4 Å². The number of halogens is 5. The minimum atomic E-state index is -5.25. The molecule has 0 saturated heterocycles. The van der Waals surface area contributed by atoms with Crippen LogP contribution < -0.4 is 56.8 Å². The van der Waals surface area contributed by atoms with Gasteiger partial charge in [-0.1, -0.05) is 33.5 Å². The van der Waals surface area contributed by atoms with Crippen molar-refractivity contribution in [3.05, 3.63) is 29.6 Å². The van der Waals surface area contributed by atoms with Crippen LogP contribution in [0.5, 0.6) is 0 Å². The van der Waals surface area contributed by atoms with Gasteiger partial charge in [0, 0.05) is 5.33 Å². The van der Waals surface area contributed by atoms with Crippen molar-refractivity contribution in [1.29, 1.82) is 0 Å². The van der Waals surface area contributed by atoms with E-state index in [9.17, 15) is 17.3 Å². The van der Waals surface area contributed by atoms with E-state index in [1.807, 2.05) is 0 Å². The Morgan fingerprint density at radius 3 is 2.21 bits per heavy atom. The van der Waals surface area contributed by atoms with E-state index in [0.717, 1.165) is 12.1 Å². The van der Waals surface area contributed by atoms with Crippen LogP contribution in [0.15, 0.2) is 18.2 Å². The van der Waals surface area contributed by atoms with Crippen molar-refractivity contribution in [2.24, 2.45) is 0 Å². The van der Waals surface area contributed by atoms with Crippen LogP contribution in [0.1, 0.15) is 5.56 Å². The van der Waals surface area contributed by atoms with Crippen molar-refractivity contribution in [1.82, 2.24) is 0 Å². The van der Waals surface area contributed by atoms with Crippen molar-refractivity contribution < 1.29 is 68.7 Å². The van der Waals surface area contributed by atoms with E-state index in [1.54, 1.807) is 0 Å². The molecule has 0 radical (unpaired) electrons. The largest absolute Gasteiger partial charge is 1.00 e. The van der Waals surface area contributed by atoms with Gasteiger partial charge in [-0.15, -0.1) is 0 Å². The first kappa shape index (κ1) is 15.1. The summed E-state index contributed by atoms with van der Waals surface area (Å²) in [7, 11) is 0. The summed E-state index contributed by atoms with van der Waals surface area (Å²) in [6.45, 7) is -5.25. The van der Waals surface area contributed by atoms with E-state index in [2.05, 4.69) is 15.9 Å². The Balaban J connectivity index is 0.00000169. The molecule has 0 aliphatic rings. The fourth-order valence-electron chi connectivity index (χ4n) is 0.927. The van der Waals surface area contributed by atoms with Crippen LogP contribution in [-0.4, -0.2) is 6.98 Å². The number of alkyl halides is 1. The Hall–Kier alpha value is 1.12. The van der Waals surface area contributed by atoms with Gasteiger partial charge in [0.05, 0.1) is 5.82 Å². The number of benzene rings is 1. The zero-order valence-electron chi connectivity index (χ0n) is 7.41. The molecule has 7 heteroatoms. The summed E-state index contributed by atoms with van der Waals surface area (Å²) >= 11 is 3.00.